The first-order valence-electron chi connectivity index (χ1n) is 9.69. The second kappa shape index (κ2) is 9.58. The van der Waals surface area contributed by atoms with E-state index in [1.807, 2.05) is 27.7 Å². The molecule has 0 heterocycles. The molecule has 1 amide bonds. The zero-order chi connectivity index (χ0) is 22.8. The molecule has 0 saturated carbocycles. The van der Waals surface area contributed by atoms with Crippen LogP contribution in [0, 0.1) is 20.8 Å². The summed E-state index contributed by atoms with van der Waals surface area (Å²) in [5, 5.41) is 3.51. The standard InChI is InChI=1S/C22H28Cl2N2O3S/c1-7-21(26(30(6,28)29)17-8-9-19(23)20(24)12-17)22(27)25-16(5)18-11-14(3)13(2)10-15(18)4/h8-12,16,21H,7H2,1-6H3,(H,25,27). The highest BCUT2D eigenvalue weighted by molar-refractivity contribution is 7.92. The molecule has 0 bridgehead atoms. The summed E-state index contributed by atoms with van der Waals surface area (Å²) < 4.78 is 26.3. The Morgan fingerprint density at radius 3 is 2.17 bits per heavy atom. The summed E-state index contributed by atoms with van der Waals surface area (Å²) in [5.41, 5.74) is 4.69. The van der Waals surface area contributed by atoms with Crippen LogP contribution in [0.15, 0.2) is 30.3 Å². The molecule has 0 aromatic heterocycles. The van der Waals surface area contributed by atoms with Crippen molar-refractivity contribution in [3.05, 3.63) is 62.6 Å². The molecule has 2 aromatic rings. The fourth-order valence-electron chi connectivity index (χ4n) is 3.52. The first kappa shape index (κ1) is 24.5. The molecule has 2 rings (SSSR count). The normalized spacial score (nSPS) is 13.6. The molecule has 0 fully saturated rings. The van der Waals surface area contributed by atoms with Gasteiger partial charge in [-0.1, -0.05) is 42.3 Å². The van der Waals surface area contributed by atoms with Gasteiger partial charge in [-0.2, -0.15) is 0 Å². The van der Waals surface area contributed by atoms with Gasteiger partial charge in [0.2, 0.25) is 15.9 Å². The predicted octanol–water partition coefficient (Wildman–Crippen LogP) is 5.34. The van der Waals surface area contributed by atoms with Crippen LogP contribution < -0.4 is 9.62 Å². The third-order valence-corrected chi connectivity index (χ3v) is 7.11. The highest BCUT2D eigenvalue weighted by Crippen LogP contribution is 2.30. The summed E-state index contributed by atoms with van der Waals surface area (Å²) in [5.74, 6) is -0.376. The second-order valence-electron chi connectivity index (χ2n) is 7.60. The Bertz CT molecular complexity index is 1050. The van der Waals surface area contributed by atoms with E-state index in [4.69, 9.17) is 23.2 Å². The van der Waals surface area contributed by atoms with Crippen molar-refractivity contribution in [2.45, 2.75) is 53.1 Å². The van der Waals surface area contributed by atoms with Crippen molar-refractivity contribution < 1.29 is 13.2 Å². The van der Waals surface area contributed by atoms with Gasteiger partial charge in [-0.3, -0.25) is 9.10 Å². The van der Waals surface area contributed by atoms with E-state index in [1.54, 1.807) is 13.0 Å². The van der Waals surface area contributed by atoms with Crippen LogP contribution in [0.4, 0.5) is 5.69 Å². The van der Waals surface area contributed by atoms with Crippen molar-refractivity contribution in [1.82, 2.24) is 5.32 Å². The molecule has 164 valence electrons. The maximum atomic E-state index is 13.2. The molecule has 30 heavy (non-hydrogen) atoms. The SMILES string of the molecule is CCC(C(=O)NC(C)c1cc(C)c(C)cc1C)N(c1ccc(Cl)c(Cl)c1)S(C)(=O)=O. The van der Waals surface area contributed by atoms with E-state index in [9.17, 15) is 13.2 Å². The summed E-state index contributed by atoms with van der Waals surface area (Å²) in [6.07, 6.45) is 1.36. The number of hydrogen-bond acceptors (Lipinski definition) is 3. The average Bonchev–Trinajstić information content (AvgIpc) is 2.63. The number of carbonyl (C=O) groups excluding carboxylic acids is 1. The van der Waals surface area contributed by atoms with Crippen molar-refractivity contribution in [2.75, 3.05) is 10.6 Å². The number of sulfonamides is 1. The van der Waals surface area contributed by atoms with Gasteiger partial charge in [0.15, 0.2) is 0 Å². The second-order valence-corrected chi connectivity index (χ2v) is 10.3. The van der Waals surface area contributed by atoms with Crippen LogP contribution in [0.25, 0.3) is 0 Å². The maximum absolute atomic E-state index is 13.2. The maximum Gasteiger partial charge on any atom is 0.244 e. The minimum Gasteiger partial charge on any atom is -0.348 e. The van der Waals surface area contributed by atoms with Crippen LogP contribution in [0.1, 0.15) is 48.6 Å². The lowest BCUT2D eigenvalue weighted by atomic mass is 9.96. The van der Waals surface area contributed by atoms with Gasteiger partial charge in [0.05, 0.1) is 28.0 Å². The predicted molar refractivity (Wildman–Crippen MR) is 125 cm³/mol. The van der Waals surface area contributed by atoms with Crippen LogP contribution in [-0.2, 0) is 14.8 Å². The third kappa shape index (κ3) is 5.48. The molecule has 1 N–H and O–H groups in total. The molecule has 2 unspecified atom stereocenters. The molecule has 2 aromatic carbocycles. The Kier molecular flexibility index (Phi) is 7.83. The Balaban J connectivity index is 2.38. The van der Waals surface area contributed by atoms with Gasteiger partial charge in [0.1, 0.15) is 6.04 Å². The number of nitrogens with one attached hydrogen (secondary N) is 1. The number of carbonyl (C=O) groups is 1. The fraction of sp³-hybridized carbons (Fsp3) is 0.409. The van der Waals surface area contributed by atoms with E-state index < -0.39 is 16.1 Å². The monoisotopic (exact) mass is 470 g/mol. The molecule has 0 radical (unpaired) electrons. The summed E-state index contributed by atoms with van der Waals surface area (Å²) in [4.78, 5) is 13.2. The van der Waals surface area contributed by atoms with Crippen LogP contribution in [0.2, 0.25) is 10.0 Å². The van der Waals surface area contributed by atoms with Gasteiger partial charge in [-0.25, -0.2) is 8.42 Å². The Morgan fingerprint density at radius 1 is 1.03 bits per heavy atom. The molecular weight excluding hydrogens is 443 g/mol. The van der Waals surface area contributed by atoms with Crippen molar-refractivity contribution >= 4 is 44.8 Å². The van der Waals surface area contributed by atoms with E-state index in [0.29, 0.717) is 10.7 Å². The lowest BCUT2D eigenvalue weighted by Gasteiger charge is -2.31. The Labute approximate surface area is 189 Å². The van der Waals surface area contributed by atoms with E-state index in [0.717, 1.165) is 27.3 Å². The van der Waals surface area contributed by atoms with Crippen molar-refractivity contribution in [1.29, 1.82) is 0 Å². The molecule has 0 spiro atoms. The van der Waals surface area contributed by atoms with Gasteiger partial charge in [0.25, 0.3) is 0 Å². The van der Waals surface area contributed by atoms with Crippen molar-refractivity contribution in [2.24, 2.45) is 0 Å². The molecule has 0 aliphatic carbocycles. The smallest absolute Gasteiger partial charge is 0.244 e. The van der Waals surface area contributed by atoms with E-state index in [2.05, 4.69) is 17.4 Å². The van der Waals surface area contributed by atoms with Crippen LogP contribution in [0.3, 0.4) is 0 Å². The minimum atomic E-state index is -3.75. The van der Waals surface area contributed by atoms with E-state index in [-0.39, 0.29) is 23.4 Å². The van der Waals surface area contributed by atoms with E-state index >= 15 is 0 Å². The van der Waals surface area contributed by atoms with Crippen molar-refractivity contribution in [3.63, 3.8) is 0 Å². The molecule has 0 aliphatic heterocycles. The lowest BCUT2D eigenvalue weighted by molar-refractivity contribution is -0.122. The largest absolute Gasteiger partial charge is 0.348 e. The Morgan fingerprint density at radius 2 is 1.63 bits per heavy atom. The average molecular weight is 471 g/mol. The molecule has 2 atom stereocenters. The van der Waals surface area contributed by atoms with Gasteiger partial charge < -0.3 is 5.32 Å². The number of halogens is 2. The molecule has 5 nitrogen and oxygen atoms in total. The fourth-order valence-corrected chi connectivity index (χ4v) is 5.02. The summed E-state index contributed by atoms with van der Waals surface area (Å²) in [6.45, 7) is 9.73. The number of nitrogens with zero attached hydrogens (tertiary/aromatic N) is 1. The first-order chi connectivity index (χ1) is 13.9. The number of rotatable bonds is 7. The lowest BCUT2D eigenvalue weighted by Crippen LogP contribution is -2.49. The minimum absolute atomic E-state index is 0.220. The Hall–Kier alpha value is -1.76. The van der Waals surface area contributed by atoms with Gasteiger partial charge in [-0.15, -0.1) is 0 Å². The van der Waals surface area contributed by atoms with Gasteiger partial charge in [0, 0.05) is 0 Å². The number of anilines is 1. The summed E-state index contributed by atoms with van der Waals surface area (Å²) in [7, 11) is -3.75. The van der Waals surface area contributed by atoms with E-state index in [1.165, 1.54) is 17.7 Å². The summed E-state index contributed by atoms with van der Waals surface area (Å²) >= 11 is 12.1. The van der Waals surface area contributed by atoms with Crippen LogP contribution in [-0.4, -0.2) is 26.6 Å². The first-order valence-corrected chi connectivity index (χ1v) is 12.3. The molecule has 0 aliphatic rings. The molecule has 8 heteroatoms. The molecule has 0 saturated heterocycles. The third-order valence-electron chi connectivity index (χ3n) is 5.20. The highest BCUT2D eigenvalue weighted by Gasteiger charge is 2.32. The zero-order valence-corrected chi connectivity index (χ0v) is 20.4. The summed E-state index contributed by atoms with van der Waals surface area (Å²) in [6, 6.07) is 7.46. The number of benzene rings is 2. The van der Waals surface area contributed by atoms with Gasteiger partial charge in [-0.05, 0) is 74.6 Å². The van der Waals surface area contributed by atoms with Crippen molar-refractivity contribution in [3.8, 4) is 0 Å². The number of amides is 1. The van der Waals surface area contributed by atoms with Crippen LogP contribution >= 0.6 is 23.2 Å². The highest BCUT2D eigenvalue weighted by atomic mass is 35.5. The van der Waals surface area contributed by atoms with Gasteiger partial charge >= 0.3 is 0 Å². The number of hydrogen-bond donors (Lipinski definition) is 1. The molecular formula is C22H28Cl2N2O3S. The topological polar surface area (TPSA) is 66.5 Å². The quantitative estimate of drug-likeness (QED) is 0.593. The van der Waals surface area contributed by atoms with Crippen LogP contribution in [0.5, 0.6) is 0 Å². The zero-order valence-electron chi connectivity index (χ0n) is 18.1. The number of aryl methyl sites for hydroxylation is 3.